The van der Waals surface area contributed by atoms with E-state index in [1.54, 1.807) is 22.7 Å². The van der Waals surface area contributed by atoms with Crippen molar-refractivity contribution in [3.8, 4) is 68.3 Å². The highest BCUT2D eigenvalue weighted by atomic mass is 32.1. The van der Waals surface area contributed by atoms with Crippen LogP contribution >= 0.6 is 45.3 Å². The van der Waals surface area contributed by atoms with Crippen LogP contribution in [0, 0.1) is 0 Å². The number of furan rings is 1. The van der Waals surface area contributed by atoms with Crippen molar-refractivity contribution < 1.29 is 4.42 Å². The molecular weight excluding hydrogens is 1650 g/mol. The molecule has 0 saturated carbocycles. The van der Waals surface area contributed by atoms with Gasteiger partial charge in [-0.3, -0.25) is 0 Å². The summed E-state index contributed by atoms with van der Waals surface area (Å²) in [5, 5.41) is 27.8. The van der Waals surface area contributed by atoms with E-state index in [0.29, 0.717) is 23.1 Å². The van der Waals surface area contributed by atoms with Gasteiger partial charge in [-0.05, 0) is 128 Å². The standard InChI is InChI=1S/C39H21N3OS.C39H21N3S2.C37H21N3S/c1-2-12-23-22(10-1)11-9-17-26(23)35-38-36(28-16-5-7-18-32(28)43-38)42-39(41-35)37-27-15-4-3-13-24(27)29-20-30-25-14-6-8-19-33(25)44-34(30)21-31(29)40-37;1-2-10-23-19-24(18-17-22(23)9-1)35-38-36(28-14-6-8-16-33(28)44-38)42-39(41-35)37-27-13-4-3-11-25(27)29-20-30-26-12-5-7-15-32(26)43-34(30)21-31(29)40-37;1-2-11-23(12-3-1)34-28-19-18-22-10-4-5-13-24(22)35(28)40-37(39-34)36-27-16-7-6-14-25(27)29-20-30-26-15-8-9-17-32(26)41-33(30)21-31(29)38-36/h2*1-21H;1-21H. The van der Waals surface area contributed by atoms with Gasteiger partial charge in [0, 0.05) is 136 Å². The number of thiophene rings is 4. The predicted molar refractivity (Wildman–Crippen MR) is 546 cm³/mol. The molecule has 598 valence electrons. The number of nitrogens with zero attached hydrogens (tertiary/aromatic N) is 9. The molecule has 29 rings (SSSR count). The first-order chi connectivity index (χ1) is 63.9. The first kappa shape index (κ1) is 73.3. The van der Waals surface area contributed by atoms with Crippen LogP contribution in [0.15, 0.2) is 387 Å². The van der Waals surface area contributed by atoms with Crippen LogP contribution in [-0.4, -0.2) is 44.9 Å². The Hall–Kier alpha value is -16.1. The van der Waals surface area contributed by atoms with Crippen LogP contribution in [-0.2, 0) is 0 Å². The molecule has 14 heteroatoms. The average molecular weight is 1720 g/mol. The number of para-hydroxylation sites is 1. The minimum Gasteiger partial charge on any atom is -0.452 e. The van der Waals surface area contributed by atoms with E-state index >= 15 is 0 Å². The molecule has 0 unspecified atom stereocenters. The van der Waals surface area contributed by atoms with E-state index in [1.807, 2.05) is 46.9 Å². The van der Waals surface area contributed by atoms with E-state index in [0.717, 1.165) is 180 Å². The normalized spacial score (nSPS) is 12.0. The Morgan fingerprint density at radius 3 is 1.12 bits per heavy atom. The lowest BCUT2D eigenvalue weighted by atomic mass is 10.00. The number of fused-ring (bicyclic) bond motifs is 29. The second kappa shape index (κ2) is 29.3. The van der Waals surface area contributed by atoms with Crippen LogP contribution < -0.4 is 0 Å². The quantitative estimate of drug-likeness (QED) is 0.148. The van der Waals surface area contributed by atoms with Gasteiger partial charge in [0.1, 0.15) is 33.9 Å². The number of hydrogen-bond acceptors (Lipinski definition) is 14. The molecule has 0 aliphatic heterocycles. The summed E-state index contributed by atoms with van der Waals surface area (Å²) < 4.78 is 16.3. The minimum atomic E-state index is 0.585. The number of benzene rings is 18. The lowest BCUT2D eigenvalue weighted by Gasteiger charge is -2.13. The van der Waals surface area contributed by atoms with Crippen LogP contribution in [0.25, 0.3) is 279 Å². The zero-order chi connectivity index (χ0) is 84.5. The first-order valence-electron chi connectivity index (χ1n) is 42.9. The lowest BCUT2D eigenvalue weighted by molar-refractivity contribution is 0.667. The van der Waals surface area contributed by atoms with E-state index < -0.39 is 0 Å². The van der Waals surface area contributed by atoms with Crippen LogP contribution in [0.3, 0.4) is 0 Å². The molecule has 0 N–H and O–H groups in total. The van der Waals surface area contributed by atoms with Gasteiger partial charge in [-0.2, -0.15) is 0 Å². The SMILES string of the molecule is c1ccc(-c2nc(-c3nc4cc5sc6ccccc6c5cc4c4ccccc34)nc3c2ccc2ccccc23)cc1.c1ccc2c(-c3nc(-c4nc5cc6sc7ccccc7c6cc5c5ccccc45)nc4c3oc3ccccc34)cccc2c1.c1ccc2cc(-c3nc(-c4nc5cc6sc7ccccc7c6cc5c5ccccc45)nc4c3sc3ccccc34)ccc2c1. The molecule has 0 saturated heterocycles. The summed E-state index contributed by atoms with van der Waals surface area (Å²) in [6.07, 6.45) is 0. The third-order valence-electron chi connectivity index (χ3n) is 25.4. The van der Waals surface area contributed by atoms with Crippen molar-refractivity contribution in [3.63, 3.8) is 0 Å². The van der Waals surface area contributed by atoms with Crippen LogP contribution in [0.4, 0.5) is 0 Å². The van der Waals surface area contributed by atoms with Gasteiger partial charge in [-0.1, -0.05) is 297 Å². The summed E-state index contributed by atoms with van der Waals surface area (Å²) in [5.41, 5.74) is 15.2. The Labute approximate surface area is 750 Å². The molecule has 0 aliphatic carbocycles. The van der Waals surface area contributed by atoms with E-state index in [4.69, 9.17) is 49.3 Å². The molecule has 18 aromatic carbocycles. The number of pyridine rings is 3. The average Bonchev–Trinajstić information content (AvgIpc) is 1.61. The van der Waals surface area contributed by atoms with Gasteiger partial charge >= 0.3 is 0 Å². The molecule has 11 heterocycles. The van der Waals surface area contributed by atoms with E-state index in [2.05, 4.69) is 358 Å². The number of rotatable bonds is 6. The summed E-state index contributed by atoms with van der Waals surface area (Å²) >= 11 is 7.20. The summed E-state index contributed by atoms with van der Waals surface area (Å²) in [4.78, 5) is 47.5. The molecule has 10 nitrogen and oxygen atoms in total. The summed E-state index contributed by atoms with van der Waals surface area (Å²) in [7, 11) is 0. The Morgan fingerprint density at radius 1 is 0.178 bits per heavy atom. The van der Waals surface area contributed by atoms with E-state index in [9.17, 15) is 0 Å². The molecule has 29 aromatic rings. The third-order valence-corrected chi connectivity index (χ3v) is 29.9. The molecular formula is C115H63N9OS4. The van der Waals surface area contributed by atoms with Crippen molar-refractivity contribution in [2.45, 2.75) is 0 Å². The van der Waals surface area contributed by atoms with Gasteiger partial charge in [0.15, 0.2) is 23.1 Å². The smallest absolute Gasteiger partial charge is 0.180 e. The molecule has 11 aromatic heterocycles. The predicted octanol–water partition coefficient (Wildman–Crippen LogP) is 32.5. The maximum Gasteiger partial charge on any atom is 0.180 e. The monoisotopic (exact) mass is 1710 g/mol. The van der Waals surface area contributed by atoms with Crippen LogP contribution in [0.2, 0.25) is 0 Å². The van der Waals surface area contributed by atoms with Gasteiger partial charge in [-0.15, -0.1) is 45.3 Å². The maximum absolute atomic E-state index is 6.47. The van der Waals surface area contributed by atoms with Gasteiger partial charge in [-0.25, -0.2) is 44.9 Å². The van der Waals surface area contributed by atoms with Crippen molar-refractivity contribution in [3.05, 3.63) is 382 Å². The minimum absolute atomic E-state index is 0.585. The van der Waals surface area contributed by atoms with Crippen LogP contribution in [0.1, 0.15) is 0 Å². The zero-order valence-corrected chi connectivity index (χ0v) is 71.7. The van der Waals surface area contributed by atoms with E-state index in [-0.39, 0.29) is 0 Å². The van der Waals surface area contributed by atoms with Gasteiger partial charge < -0.3 is 4.42 Å². The van der Waals surface area contributed by atoms with E-state index in [1.165, 1.54) is 76.0 Å². The Bertz CT molecular complexity index is 9830. The highest BCUT2D eigenvalue weighted by Crippen LogP contribution is 2.48. The fraction of sp³-hybridized carbons (Fsp3) is 0. The molecule has 0 amide bonds. The van der Waals surface area contributed by atoms with Gasteiger partial charge in [0.2, 0.25) is 0 Å². The van der Waals surface area contributed by atoms with Crippen molar-refractivity contribution in [1.82, 2.24) is 44.9 Å². The molecule has 0 spiro atoms. The molecule has 0 atom stereocenters. The molecule has 129 heavy (non-hydrogen) atoms. The molecule has 0 aliphatic rings. The van der Waals surface area contributed by atoms with Crippen molar-refractivity contribution in [2.24, 2.45) is 0 Å². The summed E-state index contributed by atoms with van der Waals surface area (Å²) in [6.45, 7) is 0. The number of aromatic nitrogens is 9. The Kier molecular flexibility index (Phi) is 16.6. The largest absolute Gasteiger partial charge is 0.452 e. The van der Waals surface area contributed by atoms with Gasteiger partial charge in [0.05, 0.1) is 43.7 Å². The van der Waals surface area contributed by atoms with Crippen molar-refractivity contribution in [2.75, 3.05) is 0 Å². The summed E-state index contributed by atoms with van der Waals surface area (Å²) in [5.74, 6) is 1.88. The van der Waals surface area contributed by atoms with Crippen molar-refractivity contribution >= 4 is 256 Å². The molecule has 0 bridgehead atoms. The first-order valence-corrected chi connectivity index (χ1v) is 46.2. The Morgan fingerprint density at radius 2 is 0.574 bits per heavy atom. The second-order valence-corrected chi connectivity index (χ2v) is 37.1. The fourth-order valence-corrected chi connectivity index (χ4v) is 23.9. The topological polar surface area (TPSA) is 129 Å². The highest BCUT2D eigenvalue weighted by Gasteiger charge is 2.27. The lowest BCUT2D eigenvalue weighted by Crippen LogP contribution is -1.99. The van der Waals surface area contributed by atoms with Crippen molar-refractivity contribution in [1.29, 1.82) is 0 Å². The van der Waals surface area contributed by atoms with Crippen LogP contribution in [0.5, 0.6) is 0 Å². The number of hydrogen-bond donors (Lipinski definition) is 0. The molecule has 0 radical (unpaired) electrons. The summed E-state index contributed by atoms with van der Waals surface area (Å²) in [6, 6.07) is 135. The zero-order valence-electron chi connectivity index (χ0n) is 68.4. The maximum atomic E-state index is 6.47. The molecule has 0 fully saturated rings. The third kappa shape index (κ3) is 11.9. The second-order valence-electron chi connectivity index (χ2n) is 32.8. The Balaban J connectivity index is 0.0000000999. The van der Waals surface area contributed by atoms with Gasteiger partial charge in [0.25, 0.3) is 0 Å². The fourth-order valence-electron chi connectivity index (χ4n) is 19.4. The highest BCUT2D eigenvalue weighted by molar-refractivity contribution is 7.27.